The summed E-state index contributed by atoms with van der Waals surface area (Å²) in [5.74, 6) is 1.88. The molecule has 1 aromatic carbocycles. The summed E-state index contributed by atoms with van der Waals surface area (Å²) in [4.78, 5) is 16.3. The highest BCUT2D eigenvalue weighted by Crippen LogP contribution is 2.17. The number of piperazine rings is 1. The van der Waals surface area contributed by atoms with E-state index in [1.165, 1.54) is 18.4 Å². The van der Waals surface area contributed by atoms with Gasteiger partial charge in [0.05, 0.1) is 0 Å². The fraction of sp³-hybridized carbons (Fsp3) is 0.500. The van der Waals surface area contributed by atoms with Crippen LogP contribution in [0.25, 0.3) is 0 Å². The van der Waals surface area contributed by atoms with Crippen LogP contribution >= 0.6 is 0 Å². The molecule has 0 saturated carbocycles. The second-order valence-corrected chi connectivity index (χ2v) is 6.74. The van der Waals surface area contributed by atoms with Crippen molar-refractivity contribution in [2.75, 3.05) is 49.6 Å². The molecule has 1 fully saturated rings. The van der Waals surface area contributed by atoms with Crippen LogP contribution in [0, 0.1) is 0 Å². The molecule has 0 atom stereocenters. The van der Waals surface area contributed by atoms with Crippen molar-refractivity contribution in [2.24, 2.45) is 0 Å². The number of rotatable bonds is 7. The molecule has 0 radical (unpaired) electrons. The maximum absolute atomic E-state index is 4.78. The Morgan fingerprint density at radius 2 is 1.80 bits per heavy atom. The number of unbranched alkanes of at least 4 members (excludes halogenated alkanes) is 1. The lowest BCUT2D eigenvalue weighted by molar-refractivity contribution is 0.248. The van der Waals surface area contributed by atoms with Crippen molar-refractivity contribution in [3.8, 4) is 0 Å². The lowest BCUT2D eigenvalue weighted by Crippen LogP contribution is -2.46. The van der Waals surface area contributed by atoms with E-state index in [0.29, 0.717) is 0 Å². The average molecular weight is 339 g/mol. The molecule has 1 saturated heterocycles. The minimum absolute atomic E-state index is 0.861. The zero-order valence-corrected chi connectivity index (χ0v) is 15.4. The Morgan fingerprint density at radius 1 is 1.04 bits per heavy atom. The van der Waals surface area contributed by atoms with E-state index in [1.54, 1.807) is 0 Å². The van der Waals surface area contributed by atoms with Gasteiger partial charge in [-0.25, -0.2) is 4.98 Å². The molecule has 1 aliphatic heterocycles. The standard InChI is InChI=1S/C20H29N5/c1-3-4-12-23(2)19-10-11-21-20(22-19)25-15-13-24(14-16-25)17-18-8-6-5-7-9-18/h5-11H,3-4,12-17H2,1-2H3. The number of benzene rings is 1. The second-order valence-electron chi connectivity index (χ2n) is 6.74. The topological polar surface area (TPSA) is 35.5 Å². The molecule has 1 aromatic heterocycles. The Labute approximate surface area is 151 Å². The summed E-state index contributed by atoms with van der Waals surface area (Å²) >= 11 is 0. The highest BCUT2D eigenvalue weighted by atomic mass is 15.3. The van der Waals surface area contributed by atoms with E-state index in [4.69, 9.17) is 4.98 Å². The molecule has 5 nitrogen and oxygen atoms in total. The monoisotopic (exact) mass is 339 g/mol. The first-order valence-corrected chi connectivity index (χ1v) is 9.31. The average Bonchev–Trinajstić information content (AvgIpc) is 2.67. The normalized spacial score (nSPS) is 15.4. The highest BCUT2D eigenvalue weighted by Gasteiger charge is 2.19. The van der Waals surface area contributed by atoms with Gasteiger partial charge in [0.15, 0.2) is 0 Å². The molecule has 5 heteroatoms. The van der Waals surface area contributed by atoms with Gasteiger partial charge in [-0.1, -0.05) is 43.7 Å². The third-order valence-electron chi connectivity index (χ3n) is 4.77. The SMILES string of the molecule is CCCCN(C)c1ccnc(N2CCN(Cc3ccccc3)CC2)n1. The van der Waals surface area contributed by atoms with Gasteiger partial charge >= 0.3 is 0 Å². The Kier molecular flexibility index (Phi) is 6.23. The van der Waals surface area contributed by atoms with Crippen LogP contribution in [0.1, 0.15) is 25.3 Å². The lowest BCUT2D eigenvalue weighted by atomic mass is 10.2. The van der Waals surface area contributed by atoms with Crippen molar-refractivity contribution < 1.29 is 0 Å². The van der Waals surface area contributed by atoms with Gasteiger partial charge in [0.1, 0.15) is 5.82 Å². The van der Waals surface area contributed by atoms with Crippen molar-refractivity contribution >= 4 is 11.8 Å². The first kappa shape index (κ1) is 17.7. The molecule has 2 aromatic rings. The summed E-state index contributed by atoms with van der Waals surface area (Å²) < 4.78 is 0. The third-order valence-corrected chi connectivity index (χ3v) is 4.77. The van der Waals surface area contributed by atoms with E-state index in [9.17, 15) is 0 Å². The molecule has 2 heterocycles. The van der Waals surface area contributed by atoms with Crippen LogP contribution in [0.2, 0.25) is 0 Å². The third kappa shape index (κ3) is 4.92. The zero-order chi connectivity index (χ0) is 17.5. The van der Waals surface area contributed by atoms with E-state index in [0.717, 1.165) is 51.0 Å². The van der Waals surface area contributed by atoms with Crippen molar-refractivity contribution in [3.63, 3.8) is 0 Å². The molecular formula is C20H29N5. The van der Waals surface area contributed by atoms with Crippen molar-refractivity contribution in [1.82, 2.24) is 14.9 Å². The van der Waals surface area contributed by atoms with Crippen LogP contribution in [0.5, 0.6) is 0 Å². The van der Waals surface area contributed by atoms with Crippen LogP contribution < -0.4 is 9.80 Å². The molecule has 1 aliphatic rings. The van der Waals surface area contributed by atoms with Gasteiger partial charge in [0.25, 0.3) is 0 Å². The molecule has 0 N–H and O–H groups in total. The van der Waals surface area contributed by atoms with Crippen LogP contribution in [0.3, 0.4) is 0 Å². The molecule has 0 amide bonds. The Bertz CT molecular complexity index is 638. The maximum Gasteiger partial charge on any atom is 0.227 e. The summed E-state index contributed by atoms with van der Waals surface area (Å²) in [5, 5.41) is 0. The molecule has 134 valence electrons. The van der Waals surface area contributed by atoms with E-state index < -0.39 is 0 Å². The number of hydrogen-bond donors (Lipinski definition) is 0. The Morgan fingerprint density at radius 3 is 2.52 bits per heavy atom. The second kappa shape index (κ2) is 8.81. The van der Waals surface area contributed by atoms with Crippen molar-refractivity contribution in [1.29, 1.82) is 0 Å². The largest absolute Gasteiger partial charge is 0.360 e. The first-order valence-electron chi connectivity index (χ1n) is 9.31. The van der Waals surface area contributed by atoms with Gasteiger partial charge < -0.3 is 9.80 Å². The summed E-state index contributed by atoms with van der Waals surface area (Å²) in [7, 11) is 2.11. The molecule has 3 rings (SSSR count). The number of nitrogens with zero attached hydrogens (tertiary/aromatic N) is 5. The number of aromatic nitrogens is 2. The first-order chi connectivity index (χ1) is 12.3. The van der Waals surface area contributed by atoms with Gasteiger partial charge in [-0.3, -0.25) is 4.90 Å². The smallest absolute Gasteiger partial charge is 0.227 e. The van der Waals surface area contributed by atoms with Crippen LogP contribution in [-0.4, -0.2) is 54.6 Å². The number of anilines is 2. The van der Waals surface area contributed by atoms with Gasteiger partial charge in [0, 0.05) is 52.5 Å². The van der Waals surface area contributed by atoms with Gasteiger partial charge in [-0.2, -0.15) is 4.98 Å². The van der Waals surface area contributed by atoms with E-state index in [2.05, 4.69) is 64.0 Å². The van der Waals surface area contributed by atoms with Crippen molar-refractivity contribution in [3.05, 3.63) is 48.2 Å². The molecular weight excluding hydrogens is 310 g/mol. The van der Waals surface area contributed by atoms with Gasteiger partial charge in [-0.15, -0.1) is 0 Å². The van der Waals surface area contributed by atoms with Crippen LogP contribution in [-0.2, 0) is 6.54 Å². The number of hydrogen-bond acceptors (Lipinski definition) is 5. The summed E-state index contributed by atoms with van der Waals surface area (Å²) in [6, 6.07) is 12.7. The van der Waals surface area contributed by atoms with E-state index in [-0.39, 0.29) is 0 Å². The predicted octanol–water partition coefficient (Wildman–Crippen LogP) is 3.04. The fourth-order valence-corrected chi connectivity index (χ4v) is 3.16. The summed E-state index contributed by atoms with van der Waals surface area (Å²) in [5.41, 5.74) is 1.38. The minimum Gasteiger partial charge on any atom is -0.360 e. The summed E-state index contributed by atoms with van der Waals surface area (Å²) in [6.07, 6.45) is 4.27. The molecule has 0 unspecified atom stereocenters. The zero-order valence-electron chi connectivity index (χ0n) is 15.4. The van der Waals surface area contributed by atoms with E-state index >= 15 is 0 Å². The molecule has 0 spiro atoms. The quantitative estimate of drug-likeness (QED) is 0.775. The Balaban J connectivity index is 1.55. The molecule has 0 bridgehead atoms. The van der Waals surface area contributed by atoms with Gasteiger partial charge in [-0.05, 0) is 18.1 Å². The Hall–Kier alpha value is -2.14. The lowest BCUT2D eigenvalue weighted by Gasteiger charge is -2.35. The van der Waals surface area contributed by atoms with Crippen LogP contribution in [0.4, 0.5) is 11.8 Å². The molecule has 25 heavy (non-hydrogen) atoms. The van der Waals surface area contributed by atoms with Crippen LogP contribution in [0.15, 0.2) is 42.6 Å². The van der Waals surface area contributed by atoms with E-state index in [1.807, 2.05) is 12.3 Å². The van der Waals surface area contributed by atoms with Gasteiger partial charge in [0.2, 0.25) is 5.95 Å². The minimum atomic E-state index is 0.861. The fourth-order valence-electron chi connectivity index (χ4n) is 3.16. The molecule has 0 aliphatic carbocycles. The maximum atomic E-state index is 4.78. The highest BCUT2D eigenvalue weighted by molar-refractivity contribution is 5.43. The van der Waals surface area contributed by atoms with Crippen molar-refractivity contribution in [2.45, 2.75) is 26.3 Å². The predicted molar refractivity (Wildman–Crippen MR) is 104 cm³/mol. The summed E-state index contributed by atoms with van der Waals surface area (Å²) in [6.45, 7) is 8.34.